The van der Waals surface area contributed by atoms with E-state index in [4.69, 9.17) is 14.6 Å². The van der Waals surface area contributed by atoms with E-state index in [1.54, 1.807) is 0 Å². The highest BCUT2D eigenvalue weighted by atomic mass is 16.7. The predicted molar refractivity (Wildman–Crippen MR) is 73.9 cm³/mol. The fraction of sp³-hybridized carbons (Fsp3) is 0.500. The van der Waals surface area contributed by atoms with Crippen LogP contribution in [-0.4, -0.2) is 25.1 Å². The van der Waals surface area contributed by atoms with Crippen molar-refractivity contribution in [3.8, 4) is 17.6 Å². The van der Waals surface area contributed by atoms with Gasteiger partial charge in [-0.1, -0.05) is 11.8 Å². The molecule has 3 nitrogen and oxygen atoms in total. The van der Waals surface area contributed by atoms with Crippen molar-refractivity contribution in [3.05, 3.63) is 29.3 Å². The highest BCUT2D eigenvalue weighted by Crippen LogP contribution is 2.28. The molecule has 1 N–H and O–H groups in total. The number of rotatable bonds is 6. The van der Waals surface area contributed by atoms with Gasteiger partial charge in [-0.15, -0.1) is 0 Å². The number of aliphatic hydroxyl groups excluding tert-OH is 1. The van der Waals surface area contributed by atoms with E-state index in [2.05, 4.69) is 11.8 Å². The second-order valence-corrected chi connectivity index (χ2v) is 4.83. The fourth-order valence-corrected chi connectivity index (χ4v) is 1.71. The van der Waals surface area contributed by atoms with E-state index >= 15 is 0 Å². The third kappa shape index (κ3) is 4.94. The van der Waals surface area contributed by atoms with Gasteiger partial charge in [0.1, 0.15) is 5.75 Å². The Morgan fingerprint density at radius 2 is 2.21 bits per heavy atom. The number of hydrogen-bond donors (Lipinski definition) is 1. The summed E-state index contributed by atoms with van der Waals surface area (Å²) in [4.78, 5) is 0. The van der Waals surface area contributed by atoms with Gasteiger partial charge >= 0.3 is 0 Å². The molecule has 1 aromatic carbocycles. The van der Waals surface area contributed by atoms with Crippen molar-refractivity contribution < 1.29 is 14.6 Å². The number of ether oxygens (including phenoxy) is 2. The lowest BCUT2D eigenvalue weighted by Crippen LogP contribution is -2.05. The van der Waals surface area contributed by atoms with Crippen molar-refractivity contribution in [2.75, 3.05) is 20.0 Å². The lowest BCUT2D eigenvalue weighted by Gasteiger charge is -2.09. The normalized spacial score (nSPS) is 13.8. The van der Waals surface area contributed by atoms with Crippen LogP contribution in [0.25, 0.3) is 0 Å². The summed E-state index contributed by atoms with van der Waals surface area (Å²) >= 11 is 0. The number of aryl methyl sites for hydroxylation is 1. The molecule has 1 fully saturated rings. The molecule has 0 atom stereocenters. The van der Waals surface area contributed by atoms with Gasteiger partial charge in [0.05, 0.1) is 13.2 Å². The molecule has 0 heterocycles. The summed E-state index contributed by atoms with van der Waals surface area (Å²) in [7, 11) is 0. The van der Waals surface area contributed by atoms with E-state index in [1.807, 2.05) is 25.1 Å². The maximum atomic E-state index is 8.67. The molecular weight excluding hydrogens is 240 g/mol. The van der Waals surface area contributed by atoms with Crippen LogP contribution in [0.3, 0.4) is 0 Å². The van der Waals surface area contributed by atoms with Crippen LogP contribution < -0.4 is 4.74 Å². The van der Waals surface area contributed by atoms with Gasteiger partial charge in [-0.3, -0.25) is 0 Å². The van der Waals surface area contributed by atoms with Gasteiger partial charge < -0.3 is 14.6 Å². The fourth-order valence-electron chi connectivity index (χ4n) is 1.71. The zero-order valence-electron chi connectivity index (χ0n) is 11.3. The molecule has 102 valence electrons. The minimum atomic E-state index is 0.103. The monoisotopic (exact) mass is 260 g/mol. The Morgan fingerprint density at radius 1 is 1.37 bits per heavy atom. The van der Waals surface area contributed by atoms with E-state index in [0.717, 1.165) is 29.4 Å². The van der Waals surface area contributed by atoms with Crippen molar-refractivity contribution in [2.24, 2.45) is 5.92 Å². The molecular formula is C16H20O3. The molecule has 3 heteroatoms. The second kappa shape index (κ2) is 7.18. The lowest BCUT2D eigenvalue weighted by atomic mass is 10.1. The summed E-state index contributed by atoms with van der Waals surface area (Å²) in [6.07, 6.45) is 3.09. The minimum absolute atomic E-state index is 0.103. The van der Waals surface area contributed by atoms with Crippen molar-refractivity contribution in [3.63, 3.8) is 0 Å². The SMILES string of the molecule is Cc1cc(C#CCCO)ccc1OCOCC1CC1. The van der Waals surface area contributed by atoms with Gasteiger partial charge in [-0.25, -0.2) is 0 Å². The molecule has 2 rings (SSSR count). The Balaban J connectivity index is 1.82. The third-order valence-corrected chi connectivity index (χ3v) is 2.99. The standard InChI is InChI=1S/C16H20O3/c1-13-10-14(4-2-3-9-17)7-8-16(13)19-12-18-11-15-5-6-15/h7-8,10,15,17H,3,5-6,9,11-12H2,1H3. The molecule has 1 saturated carbocycles. The van der Waals surface area contributed by atoms with Gasteiger partial charge in [0, 0.05) is 12.0 Å². The summed E-state index contributed by atoms with van der Waals surface area (Å²) in [5.74, 6) is 7.51. The molecule has 1 aromatic rings. The molecule has 0 bridgehead atoms. The average molecular weight is 260 g/mol. The Bertz CT molecular complexity index is 467. The highest BCUT2D eigenvalue weighted by Gasteiger charge is 2.21. The smallest absolute Gasteiger partial charge is 0.189 e. The summed E-state index contributed by atoms with van der Waals surface area (Å²) in [5.41, 5.74) is 1.99. The van der Waals surface area contributed by atoms with Crippen molar-refractivity contribution in [1.29, 1.82) is 0 Å². The molecule has 0 aliphatic heterocycles. The number of aliphatic hydroxyl groups is 1. The third-order valence-electron chi connectivity index (χ3n) is 2.99. The summed E-state index contributed by atoms with van der Waals surface area (Å²) < 4.78 is 11.0. The van der Waals surface area contributed by atoms with Gasteiger partial charge in [-0.05, 0) is 49.4 Å². The maximum Gasteiger partial charge on any atom is 0.189 e. The molecule has 1 aliphatic rings. The van der Waals surface area contributed by atoms with Gasteiger partial charge in [0.25, 0.3) is 0 Å². The Hall–Kier alpha value is -1.50. The van der Waals surface area contributed by atoms with Crippen LogP contribution in [0.5, 0.6) is 5.75 Å². The van der Waals surface area contributed by atoms with E-state index in [1.165, 1.54) is 12.8 Å². The number of hydrogen-bond acceptors (Lipinski definition) is 3. The summed E-state index contributed by atoms with van der Waals surface area (Å²) in [6.45, 7) is 3.22. The van der Waals surface area contributed by atoms with Crippen LogP contribution in [0.1, 0.15) is 30.4 Å². The van der Waals surface area contributed by atoms with Crippen LogP contribution in [0.4, 0.5) is 0 Å². The van der Waals surface area contributed by atoms with Crippen molar-refractivity contribution >= 4 is 0 Å². The zero-order valence-corrected chi connectivity index (χ0v) is 11.3. The first-order chi connectivity index (χ1) is 9.29. The largest absolute Gasteiger partial charge is 0.467 e. The van der Waals surface area contributed by atoms with Crippen LogP contribution in [0, 0.1) is 24.7 Å². The van der Waals surface area contributed by atoms with Crippen LogP contribution in [0.15, 0.2) is 18.2 Å². The highest BCUT2D eigenvalue weighted by molar-refractivity contribution is 5.43. The summed E-state index contributed by atoms with van der Waals surface area (Å²) in [6, 6.07) is 5.83. The first-order valence-electron chi connectivity index (χ1n) is 6.70. The first kappa shape index (κ1) is 13.9. The minimum Gasteiger partial charge on any atom is -0.467 e. The van der Waals surface area contributed by atoms with Gasteiger partial charge in [0.15, 0.2) is 6.79 Å². The van der Waals surface area contributed by atoms with Gasteiger partial charge in [-0.2, -0.15) is 0 Å². The van der Waals surface area contributed by atoms with Crippen LogP contribution in [0.2, 0.25) is 0 Å². The Kier molecular flexibility index (Phi) is 5.26. The first-order valence-corrected chi connectivity index (χ1v) is 6.70. The zero-order chi connectivity index (χ0) is 13.5. The van der Waals surface area contributed by atoms with Gasteiger partial charge in [0.2, 0.25) is 0 Å². The van der Waals surface area contributed by atoms with Crippen LogP contribution >= 0.6 is 0 Å². The Morgan fingerprint density at radius 3 is 2.89 bits per heavy atom. The maximum absolute atomic E-state index is 8.67. The molecule has 0 amide bonds. The summed E-state index contributed by atoms with van der Waals surface area (Å²) in [5, 5.41) is 8.67. The molecule has 0 spiro atoms. The molecule has 0 radical (unpaired) electrons. The quantitative estimate of drug-likeness (QED) is 0.485. The van der Waals surface area contributed by atoms with Crippen LogP contribution in [-0.2, 0) is 4.74 Å². The Labute approximate surface area is 114 Å². The predicted octanol–water partition coefficient (Wildman–Crippen LogP) is 2.49. The van der Waals surface area contributed by atoms with E-state index < -0.39 is 0 Å². The van der Waals surface area contributed by atoms with E-state index in [-0.39, 0.29) is 6.61 Å². The molecule has 19 heavy (non-hydrogen) atoms. The molecule has 0 saturated heterocycles. The molecule has 0 aromatic heterocycles. The van der Waals surface area contributed by atoms with Crippen molar-refractivity contribution in [1.82, 2.24) is 0 Å². The topological polar surface area (TPSA) is 38.7 Å². The average Bonchev–Trinajstić information content (AvgIpc) is 3.21. The molecule has 1 aliphatic carbocycles. The van der Waals surface area contributed by atoms with E-state index in [0.29, 0.717) is 13.2 Å². The lowest BCUT2D eigenvalue weighted by molar-refractivity contribution is 0.00961. The second-order valence-electron chi connectivity index (χ2n) is 4.83. The van der Waals surface area contributed by atoms with Crippen molar-refractivity contribution in [2.45, 2.75) is 26.2 Å². The number of benzene rings is 1. The van der Waals surface area contributed by atoms with E-state index in [9.17, 15) is 0 Å². The molecule has 0 unspecified atom stereocenters.